The second-order valence-corrected chi connectivity index (χ2v) is 2.13. The summed E-state index contributed by atoms with van der Waals surface area (Å²) in [4.78, 5) is 14.5. The summed E-state index contributed by atoms with van der Waals surface area (Å²) < 4.78 is 0. The van der Waals surface area contributed by atoms with Crippen LogP contribution in [0.5, 0.6) is 0 Å². The highest BCUT2D eigenvalue weighted by molar-refractivity contribution is 5.92. The van der Waals surface area contributed by atoms with Gasteiger partial charge in [0.1, 0.15) is 5.70 Å². The SMILES string of the molecule is CC=N/C(=C\CCC)C(N)=O. The van der Waals surface area contributed by atoms with Gasteiger partial charge in [-0.15, -0.1) is 0 Å². The number of amides is 1. The molecule has 3 nitrogen and oxygen atoms in total. The Hall–Kier alpha value is -1.12. The van der Waals surface area contributed by atoms with Gasteiger partial charge in [0.25, 0.3) is 5.91 Å². The summed E-state index contributed by atoms with van der Waals surface area (Å²) in [5.41, 5.74) is 5.40. The summed E-state index contributed by atoms with van der Waals surface area (Å²) in [6, 6.07) is 0. The third-order valence-corrected chi connectivity index (χ3v) is 1.15. The van der Waals surface area contributed by atoms with Crippen LogP contribution in [0.15, 0.2) is 16.8 Å². The Balaban J connectivity index is 4.20. The van der Waals surface area contributed by atoms with E-state index in [0.29, 0.717) is 5.70 Å². The van der Waals surface area contributed by atoms with E-state index < -0.39 is 5.91 Å². The Kier molecular flexibility index (Phi) is 5.07. The lowest BCUT2D eigenvalue weighted by atomic mass is 10.3. The smallest absolute Gasteiger partial charge is 0.266 e. The van der Waals surface area contributed by atoms with E-state index in [1.54, 1.807) is 19.2 Å². The Morgan fingerprint density at radius 1 is 1.64 bits per heavy atom. The first-order valence-electron chi connectivity index (χ1n) is 3.71. The van der Waals surface area contributed by atoms with Gasteiger partial charge in [-0.05, 0) is 13.3 Å². The van der Waals surface area contributed by atoms with E-state index >= 15 is 0 Å². The number of unbranched alkanes of at least 4 members (excludes halogenated alkanes) is 1. The van der Waals surface area contributed by atoms with Gasteiger partial charge in [0.05, 0.1) is 0 Å². The summed E-state index contributed by atoms with van der Waals surface area (Å²) in [6.07, 6.45) is 5.15. The normalized spacial score (nSPS) is 12.4. The molecule has 62 valence electrons. The number of hydrogen-bond donors (Lipinski definition) is 1. The monoisotopic (exact) mass is 154 g/mol. The van der Waals surface area contributed by atoms with Gasteiger partial charge in [0.15, 0.2) is 0 Å². The van der Waals surface area contributed by atoms with Gasteiger partial charge in [-0.3, -0.25) is 9.79 Å². The minimum Gasteiger partial charge on any atom is -0.364 e. The van der Waals surface area contributed by atoms with E-state index in [-0.39, 0.29) is 0 Å². The van der Waals surface area contributed by atoms with Crippen LogP contribution in [0, 0.1) is 0 Å². The maximum Gasteiger partial charge on any atom is 0.266 e. The van der Waals surface area contributed by atoms with E-state index in [2.05, 4.69) is 4.99 Å². The largest absolute Gasteiger partial charge is 0.364 e. The van der Waals surface area contributed by atoms with Crippen LogP contribution in [0.3, 0.4) is 0 Å². The Morgan fingerprint density at radius 2 is 2.27 bits per heavy atom. The molecule has 0 fully saturated rings. The highest BCUT2D eigenvalue weighted by atomic mass is 16.1. The Labute approximate surface area is 67.0 Å². The zero-order valence-corrected chi connectivity index (χ0v) is 7.00. The molecule has 0 spiro atoms. The van der Waals surface area contributed by atoms with Crippen molar-refractivity contribution in [3.8, 4) is 0 Å². The van der Waals surface area contributed by atoms with Gasteiger partial charge >= 0.3 is 0 Å². The van der Waals surface area contributed by atoms with Gasteiger partial charge in [0, 0.05) is 6.21 Å². The van der Waals surface area contributed by atoms with Crippen molar-refractivity contribution < 1.29 is 4.79 Å². The topological polar surface area (TPSA) is 55.4 Å². The lowest BCUT2D eigenvalue weighted by Crippen LogP contribution is -2.12. The molecule has 0 saturated carbocycles. The van der Waals surface area contributed by atoms with Crippen molar-refractivity contribution in [2.75, 3.05) is 0 Å². The van der Waals surface area contributed by atoms with Crippen LogP contribution in [-0.2, 0) is 4.79 Å². The van der Waals surface area contributed by atoms with Crippen LogP contribution in [0.25, 0.3) is 0 Å². The van der Waals surface area contributed by atoms with Gasteiger partial charge in [-0.2, -0.15) is 0 Å². The quantitative estimate of drug-likeness (QED) is 0.480. The van der Waals surface area contributed by atoms with E-state index in [4.69, 9.17) is 5.73 Å². The molecule has 0 heterocycles. The molecule has 0 bridgehead atoms. The fraction of sp³-hybridized carbons (Fsp3) is 0.500. The number of carbonyl (C=O) groups is 1. The Morgan fingerprint density at radius 3 is 2.64 bits per heavy atom. The summed E-state index contributed by atoms with van der Waals surface area (Å²) in [6.45, 7) is 3.79. The summed E-state index contributed by atoms with van der Waals surface area (Å²) in [7, 11) is 0. The lowest BCUT2D eigenvalue weighted by molar-refractivity contribution is -0.114. The number of rotatable bonds is 4. The lowest BCUT2D eigenvalue weighted by Gasteiger charge is -1.93. The second-order valence-electron chi connectivity index (χ2n) is 2.13. The van der Waals surface area contributed by atoms with E-state index in [1.807, 2.05) is 6.92 Å². The number of hydrogen-bond acceptors (Lipinski definition) is 2. The van der Waals surface area contributed by atoms with Crippen LogP contribution in [0.2, 0.25) is 0 Å². The molecule has 2 N–H and O–H groups in total. The minimum absolute atomic E-state index is 0.356. The number of primary amides is 1. The molecule has 0 aromatic heterocycles. The first-order valence-corrected chi connectivity index (χ1v) is 3.71. The maximum atomic E-state index is 10.6. The predicted molar refractivity (Wildman–Crippen MR) is 46.4 cm³/mol. The molecule has 11 heavy (non-hydrogen) atoms. The van der Waals surface area contributed by atoms with Crippen molar-refractivity contribution >= 4 is 12.1 Å². The van der Waals surface area contributed by atoms with E-state index in [1.165, 1.54) is 0 Å². The van der Waals surface area contributed by atoms with Gasteiger partial charge in [0.2, 0.25) is 0 Å². The third kappa shape index (κ3) is 4.31. The molecule has 0 atom stereocenters. The minimum atomic E-state index is -0.462. The highest BCUT2D eigenvalue weighted by Gasteiger charge is 1.98. The number of allylic oxidation sites excluding steroid dienone is 1. The van der Waals surface area contributed by atoms with Crippen LogP contribution in [0.4, 0.5) is 0 Å². The Bertz CT molecular complexity index is 183. The number of nitrogens with zero attached hydrogens (tertiary/aromatic N) is 1. The summed E-state index contributed by atoms with van der Waals surface area (Å²) >= 11 is 0. The molecule has 0 aliphatic rings. The molecule has 0 saturated heterocycles. The molecule has 0 aromatic rings. The van der Waals surface area contributed by atoms with Crippen LogP contribution in [-0.4, -0.2) is 12.1 Å². The van der Waals surface area contributed by atoms with Crippen molar-refractivity contribution in [2.24, 2.45) is 10.7 Å². The van der Waals surface area contributed by atoms with E-state index in [9.17, 15) is 4.79 Å². The molecule has 0 rings (SSSR count). The number of aliphatic imine (C=N–C) groups is 1. The fourth-order valence-electron chi connectivity index (χ4n) is 0.637. The van der Waals surface area contributed by atoms with Crippen molar-refractivity contribution in [3.63, 3.8) is 0 Å². The standard InChI is InChI=1S/C8H14N2O/c1-3-5-6-7(8(9)11)10-4-2/h4,6H,3,5H2,1-2H3,(H2,9,11)/b7-6-,10-4?. The maximum absolute atomic E-state index is 10.6. The first-order chi connectivity index (χ1) is 5.22. The fourth-order valence-corrected chi connectivity index (χ4v) is 0.637. The molecule has 0 unspecified atom stereocenters. The molecule has 1 amide bonds. The molecular formula is C8H14N2O. The van der Waals surface area contributed by atoms with Crippen LogP contribution < -0.4 is 5.73 Å². The predicted octanol–water partition coefficient (Wildman–Crippen LogP) is 1.25. The van der Waals surface area contributed by atoms with Crippen LogP contribution in [0.1, 0.15) is 26.7 Å². The van der Waals surface area contributed by atoms with Gasteiger partial charge in [-0.25, -0.2) is 0 Å². The molecule has 3 heteroatoms. The van der Waals surface area contributed by atoms with Crippen molar-refractivity contribution in [1.29, 1.82) is 0 Å². The zero-order chi connectivity index (χ0) is 8.69. The first kappa shape index (κ1) is 9.88. The average molecular weight is 154 g/mol. The molecule has 0 aromatic carbocycles. The number of nitrogens with two attached hydrogens (primary N) is 1. The summed E-state index contributed by atoms with van der Waals surface area (Å²) in [5.74, 6) is -0.462. The van der Waals surface area contributed by atoms with Crippen molar-refractivity contribution in [1.82, 2.24) is 0 Å². The highest BCUT2D eigenvalue weighted by Crippen LogP contribution is 1.98. The van der Waals surface area contributed by atoms with Gasteiger partial charge in [-0.1, -0.05) is 19.4 Å². The second kappa shape index (κ2) is 5.65. The average Bonchev–Trinajstić information content (AvgIpc) is 1.97. The van der Waals surface area contributed by atoms with Crippen LogP contribution >= 0.6 is 0 Å². The summed E-state index contributed by atoms with van der Waals surface area (Å²) in [5, 5.41) is 0. The molecule has 0 aliphatic heterocycles. The van der Waals surface area contributed by atoms with Crippen molar-refractivity contribution in [2.45, 2.75) is 26.7 Å². The molecule has 0 radical (unpaired) electrons. The third-order valence-electron chi connectivity index (χ3n) is 1.15. The van der Waals surface area contributed by atoms with Crippen molar-refractivity contribution in [3.05, 3.63) is 11.8 Å². The molecule has 0 aliphatic carbocycles. The zero-order valence-electron chi connectivity index (χ0n) is 7.00. The number of carbonyl (C=O) groups excluding carboxylic acids is 1. The van der Waals surface area contributed by atoms with Gasteiger partial charge < -0.3 is 5.73 Å². The molecular weight excluding hydrogens is 140 g/mol. The van der Waals surface area contributed by atoms with E-state index in [0.717, 1.165) is 12.8 Å².